The van der Waals surface area contributed by atoms with Gasteiger partial charge in [-0.25, -0.2) is 4.98 Å². The Morgan fingerprint density at radius 2 is 2.03 bits per heavy atom. The first kappa shape index (κ1) is 19.3. The zero-order chi connectivity index (χ0) is 20.3. The normalized spacial score (nSPS) is 18.6. The lowest BCUT2D eigenvalue weighted by molar-refractivity contribution is -0.122. The van der Waals surface area contributed by atoms with Crippen LogP contribution in [0, 0.1) is 0 Å². The smallest absolute Gasteiger partial charge is 0.234 e. The van der Waals surface area contributed by atoms with Gasteiger partial charge in [-0.05, 0) is 49.2 Å². The molecule has 1 aromatic heterocycles. The number of nitrogens with one attached hydrogen (secondary N) is 1. The van der Waals surface area contributed by atoms with Crippen molar-refractivity contribution in [3.8, 4) is 11.5 Å². The second kappa shape index (κ2) is 8.62. The molecule has 2 aliphatic heterocycles. The number of rotatable bonds is 6. The molecule has 1 fully saturated rings. The maximum atomic E-state index is 12.6. The van der Waals surface area contributed by atoms with Gasteiger partial charge in [0.25, 0.3) is 0 Å². The molecule has 6 nitrogen and oxygen atoms in total. The zero-order valence-electron chi connectivity index (χ0n) is 16.8. The van der Waals surface area contributed by atoms with Crippen molar-refractivity contribution in [2.75, 3.05) is 32.8 Å². The van der Waals surface area contributed by atoms with Crippen LogP contribution in [-0.4, -0.2) is 48.6 Å². The second-order valence-electron chi connectivity index (χ2n) is 7.71. The average Bonchev–Trinajstić information content (AvgIpc) is 3.39. The molecule has 5 rings (SSSR count). The summed E-state index contributed by atoms with van der Waals surface area (Å²) in [4.78, 5) is 19.5. The number of thiazole rings is 1. The molecule has 1 unspecified atom stereocenters. The van der Waals surface area contributed by atoms with Crippen LogP contribution in [0.5, 0.6) is 11.5 Å². The SMILES string of the molecule is O=C(CN1CCCC1c1ccc2c(c1)OCCO2)NCCc1nc2ccccc2s1. The molecule has 3 aromatic rings. The van der Waals surface area contributed by atoms with Gasteiger partial charge >= 0.3 is 0 Å². The first-order chi connectivity index (χ1) is 14.8. The number of hydrogen-bond acceptors (Lipinski definition) is 6. The van der Waals surface area contributed by atoms with Gasteiger partial charge in [0, 0.05) is 19.0 Å². The van der Waals surface area contributed by atoms with Gasteiger partial charge in [-0.3, -0.25) is 9.69 Å². The third kappa shape index (κ3) is 4.13. The van der Waals surface area contributed by atoms with Crippen molar-refractivity contribution >= 4 is 27.5 Å². The molecule has 2 aliphatic rings. The Hall–Kier alpha value is -2.64. The van der Waals surface area contributed by atoms with E-state index in [2.05, 4.69) is 33.4 Å². The number of nitrogens with zero attached hydrogens (tertiary/aromatic N) is 2. The van der Waals surface area contributed by atoms with E-state index < -0.39 is 0 Å². The summed E-state index contributed by atoms with van der Waals surface area (Å²) in [7, 11) is 0. The van der Waals surface area contributed by atoms with Crippen LogP contribution in [0.2, 0.25) is 0 Å². The van der Waals surface area contributed by atoms with E-state index in [4.69, 9.17) is 9.47 Å². The summed E-state index contributed by atoms with van der Waals surface area (Å²) in [6.07, 6.45) is 2.91. The Bertz CT molecular complexity index is 1020. The third-order valence-corrected chi connectivity index (χ3v) is 6.76. The summed E-state index contributed by atoms with van der Waals surface area (Å²) in [5.74, 6) is 1.69. The third-order valence-electron chi connectivity index (χ3n) is 5.66. The second-order valence-corrected chi connectivity index (χ2v) is 8.82. The number of aromatic nitrogens is 1. The van der Waals surface area contributed by atoms with Crippen LogP contribution in [0.1, 0.15) is 29.5 Å². The van der Waals surface area contributed by atoms with Crippen molar-refractivity contribution in [3.05, 3.63) is 53.0 Å². The van der Waals surface area contributed by atoms with E-state index in [1.807, 2.05) is 24.3 Å². The van der Waals surface area contributed by atoms with Gasteiger partial charge in [-0.2, -0.15) is 0 Å². The topological polar surface area (TPSA) is 63.7 Å². The number of carbonyl (C=O) groups excluding carboxylic acids is 1. The number of benzene rings is 2. The van der Waals surface area contributed by atoms with Crippen LogP contribution < -0.4 is 14.8 Å². The molecule has 1 amide bonds. The number of likely N-dealkylation sites (tertiary alicyclic amines) is 1. The van der Waals surface area contributed by atoms with E-state index >= 15 is 0 Å². The highest BCUT2D eigenvalue weighted by molar-refractivity contribution is 7.18. The van der Waals surface area contributed by atoms with E-state index in [0.717, 1.165) is 47.8 Å². The minimum absolute atomic E-state index is 0.0700. The molecule has 1 N–H and O–H groups in total. The Morgan fingerprint density at radius 1 is 1.17 bits per heavy atom. The Balaban J connectivity index is 1.16. The molecular formula is C23H25N3O3S. The highest BCUT2D eigenvalue weighted by atomic mass is 32.1. The summed E-state index contributed by atoms with van der Waals surface area (Å²) >= 11 is 1.70. The number of carbonyl (C=O) groups is 1. The standard InChI is InChI=1S/C23H25N3O3S/c27-22(24-10-9-23-25-17-4-1-2-6-21(17)30-23)15-26-11-3-5-18(26)16-7-8-19-20(14-16)29-13-12-28-19/h1-2,4,6-8,14,18H,3,5,9-13,15H2,(H,24,27). The average molecular weight is 424 g/mol. The molecule has 7 heteroatoms. The quantitative estimate of drug-likeness (QED) is 0.657. The van der Waals surface area contributed by atoms with E-state index in [-0.39, 0.29) is 11.9 Å². The molecule has 0 aliphatic carbocycles. The fraction of sp³-hybridized carbons (Fsp3) is 0.391. The van der Waals surface area contributed by atoms with E-state index in [1.54, 1.807) is 11.3 Å². The maximum absolute atomic E-state index is 12.6. The molecule has 1 saturated heterocycles. The maximum Gasteiger partial charge on any atom is 0.234 e. The van der Waals surface area contributed by atoms with Gasteiger partial charge in [-0.1, -0.05) is 18.2 Å². The fourth-order valence-corrected chi connectivity index (χ4v) is 5.20. The molecule has 0 bridgehead atoms. The van der Waals surface area contributed by atoms with Gasteiger partial charge in [0.2, 0.25) is 5.91 Å². The van der Waals surface area contributed by atoms with Gasteiger partial charge < -0.3 is 14.8 Å². The molecule has 2 aromatic carbocycles. The minimum atomic E-state index is 0.0700. The zero-order valence-corrected chi connectivity index (χ0v) is 17.6. The van der Waals surface area contributed by atoms with Crippen LogP contribution in [0.25, 0.3) is 10.2 Å². The van der Waals surface area contributed by atoms with Crippen molar-refractivity contribution < 1.29 is 14.3 Å². The predicted octanol–water partition coefficient (Wildman–Crippen LogP) is 3.56. The highest BCUT2D eigenvalue weighted by Crippen LogP contribution is 2.37. The molecule has 30 heavy (non-hydrogen) atoms. The summed E-state index contributed by atoms with van der Waals surface area (Å²) in [6.45, 7) is 3.14. The predicted molar refractivity (Wildman–Crippen MR) is 117 cm³/mol. The number of fused-ring (bicyclic) bond motifs is 2. The van der Waals surface area contributed by atoms with E-state index in [1.165, 1.54) is 10.3 Å². The van der Waals surface area contributed by atoms with Crippen molar-refractivity contribution in [1.29, 1.82) is 0 Å². The minimum Gasteiger partial charge on any atom is -0.486 e. The van der Waals surface area contributed by atoms with Crippen LogP contribution in [0.15, 0.2) is 42.5 Å². The lowest BCUT2D eigenvalue weighted by Crippen LogP contribution is -2.37. The largest absolute Gasteiger partial charge is 0.486 e. The van der Waals surface area contributed by atoms with E-state index in [0.29, 0.717) is 26.3 Å². The summed E-state index contributed by atoms with van der Waals surface area (Å²) in [6, 6.07) is 14.5. The molecule has 3 heterocycles. The molecule has 1 atom stereocenters. The number of hydrogen-bond donors (Lipinski definition) is 1. The monoisotopic (exact) mass is 423 g/mol. The lowest BCUT2D eigenvalue weighted by Gasteiger charge is -2.26. The first-order valence-electron chi connectivity index (χ1n) is 10.5. The van der Waals surface area contributed by atoms with Crippen LogP contribution in [0.3, 0.4) is 0 Å². The highest BCUT2D eigenvalue weighted by Gasteiger charge is 2.28. The first-order valence-corrected chi connectivity index (χ1v) is 11.3. The molecule has 156 valence electrons. The Morgan fingerprint density at radius 3 is 2.93 bits per heavy atom. The summed E-state index contributed by atoms with van der Waals surface area (Å²) in [5, 5.41) is 4.13. The summed E-state index contributed by atoms with van der Waals surface area (Å²) < 4.78 is 12.5. The van der Waals surface area contributed by atoms with Crippen LogP contribution in [0.4, 0.5) is 0 Å². The summed E-state index contributed by atoms with van der Waals surface area (Å²) in [5.41, 5.74) is 2.22. The van der Waals surface area contributed by atoms with Crippen molar-refractivity contribution in [1.82, 2.24) is 15.2 Å². The molecular weight excluding hydrogens is 398 g/mol. The van der Waals surface area contributed by atoms with Crippen molar-refractivity contribution in [2.24, 2.45) is 0 Å². The van der Waals surface area contributed by atoms with Crippen molar-refractivity contribution in [2.45, 2.75) is 25.3 Å². The Labute approximate surface area is 179 Å². The molecule has 0 saturated carbocycles. The number of para-hydroxylation sites is 1. The van der Waals surface area contributed by atoms with E-state index in [9.17, 15) is 4.79 Å². The van der Waals surface area contributed by atoms with Gasteiger partial charge in [-0.15, -0.1) is 11.3 Å². The Kier molecular flexibility index (Phi) is 5.55. The number of ether oxygens (including phenoxy) is 2. The van der Waals surface area contributed by atoms with Crippen LogP contribution >= 0.6 is 11.3 Å². The lowest BCUT2D eigenvalue weighted by atomic mass is 10.0. The van der Waals surface area contributed by atoms with Gasteiger partial charge in [0.1, 0.15) is 13.2 Å². The number of amides is 1. The van der Waals surface area contributed by atoms with Gasteiger partial charge in [0.05, 0.1) is 21.8 Å². The van der Waals surface area contributed by atoms with Crippen LogP contribution in [-0.2, 0) is 11.2 Å². The van der Waals surface area contributed by atoms with Gasteiger partial charge in [0.15, 0.2) is 11.5 Å². The molecule has 0 spiro atoms. The molecule has 0 radical (unpaired) electrons. The fourth-order valence-electron chi connectivity index (χ4n) is 4.24. The van der Waals surface area contributed by atoms with Crippen molar-refractivity contribution in [3.63, 3.8) is 0 Å².